The number of rotatable bonds is 6. The topological polar surface area (TPSA) is 113 Å². The molecule has 2 aromatic carbocycles. The highest BCUT2D eigenvalue weighted by molar-refractivity contribution is 6.01. The summed E-state index contributed by atoms with van der Waals surface area (Å²) < 4.78 is 5.27. The summed E-state index contributed by atoms with van der Waals surface area (Å²) in [4.78, 5) is 42.8. The van der Waals surface area contributed by atoms with Gasteiger partial charge in [0.15, 0.2) is 17.9 Å². The second-order valence-corrected chi connectivity index (χ2v) is 7.78. The largest absolute Gasteiger partial charge is 0.444 e. The number of benzene rings is 2. The van der Waals surface area contributed by atoms with Gasteiger partial charge in [0.05, 0.1) is 12.3 Å². The minimum atomic E-state index is -0.785. The summed E-state index contributed by atoms with van der Waals surface area (Å²) in [6.45, 7) is 1.77. The fourth-order valence-corrected chi connectivity index (χ4v) is 3.78. The van der Waals surface area contributed by atoms with Crippen molar-refractivity contribution >= 4 is 17.6 Å². The number of aliphatic hydroxyl groups is 1. The highest BCUT2D eigenvalue weighted by atomic mass is 16.3. The number of aliphatic hydroxyl groups excluding tert-OH is 1. The molecule has 0 spiro atoms. The van der Waals surface area contributed by atoms with Crippen LogP contribution in [0.4, 0.5) is 0 Å². The Morgan fingerprint density at radius 2 is 1.91 bits per heavy atom. The quantitative estimate of drug-likeness (QED) is 0.578. The number of amides is 2. The maximum absolute atomic E-state index is 13.0. The third-order valence-corrected chi connectivity index (χ3v) is 5.50. The molecule has 0 aliphatic carbocycles. The second-order valence-electron chi connectivity index (χ2n) is 7.78. The first-order chi connectivity index (χ1) is 15.4. The van der Waals surface area contributed by atoms with Gasteiger partial charge in [-0.1, -0.05) is 36.4 Å². The Balaban J connectivity index is 1.42. The van der Waals surface area contributed by atoms with Crippen LogP contribution in [0.1, 0.15) is 39.6 Å². The molecule has 1 fully saturated rings. The summed E-state index contributed by atoms with van der Waals surface area (Å²) in [5.41, 5.74) is 2.49. The molecule has 1 aliphatic heterocycles. The SMILES string of the molecule is CC(=O)c1cccc(C(=O)N2C[C@H](O)C[C@H]2C(=O)NCc2ccc(-c3cnco3)cc2)c1. The number of nitrogens with zero attached hydrogens (tertiary/aromatic N) is 2. The highest BCUT2D eigenvalue weighted by Crippen LogP contribution is 2.22. The van der Waals surface area contributed by atoms with Gasteiger partial charge in [-0.05, 0) is 24.6 Å². The Hall–Kier alpha value is -3.78. The van der Waals surface area contributed by atoms with Gasteiger partial charge in [-0.2, -0.15) is 0 Å². The molecule has 2 atom stereocenters. The fraction of sp³-hybridized carbons (Fsp3) is 0.250. The molecule has 0 bridgehead atoms. The van der Waals surface area contributed by atoms with Crippen molar-refractivity contribution in [2.75, 3.05) is 6.54 Å². The predicted molar refractivity (Wildman–Crippen MR) is 116 cm³/mol. The number of Topliss-reactive ketones (excluding diaryl/α,β-unsaturated/α-hetero) is 1. The minimum Gasteiger partial charge on any atom is -0.444 e. The standard InChI is InChI=1S/C24H23N3O5/c1-15(28)18-3-2-4-19(9-18)24(31)27-13-20(29)10-21(27)23(30)26-11-16-5-7-17(8-6-16)22-12-25-14-32-22/h2-9,12,14,20-21,29H,10-11,13H2,1H3,(H,26,30)/t20-,21+/m1/s1. The van der Waals surface area contributed by atoms with Gasteiger partial charge < -0.3 is 19.7 Å². The summed E-state index contributed by atoms with van der Waals surface area (Å²) in [6, 6.07) is 13.1. The molecule has 0 radical (unpaired) electrons. The van der Waals surface area contributed by atoms with Gasteiger partial charge in [0.2, 0.25) is 5.91 Å². The van der Waals surface area contributed by atoms with Gasteiger partial charge in [0.1, 0.15) is 6.04 Å². The summed E-state index contributed by atoms with van der Waals surface area (Å²) in [7, 11) is 0. The van der Waals surface area contributed by atoms with Crippen LogP contribution in [0.2, 0.25) is 0 Å². The van der Waals surface area contributed by atoms with Crippen molar-refractivity contribution in [3.8, 4) is 11.3 Å². The summed E-state index contributed by atoms with van der Waals surface area (Å²) >= 11 is 0. The summed E-state index contributed by atoms with van der Waals surface area (Å²) in [5, 5.41) is 13.0. The zero-order valence-electron chi connectivity index (χ0n) is 17.5. The van der Waals surface area contributed by atoms with Crippen molar-refractivity contribution in [1.82, 2.24) is 15.2 Å². The number of nitrogens with one attached hydrogen (secondary N) is 1. The van der Waals surface area contributed by atoms with Gasteiger partial charge >= 0.3 is 0 Å². The van der Waals surface area contributed by atoms with Crippen molar-refractivity contribution in [3.63, 3.8) is 0 Å². The average molecular weight is 433 g/mol. The van der Waals surface area contributed by atoms with Crippen LogP contribution in [0.5, 0.6) is 0 Å². The number of carbonyl (C=O) groups excluding carboxylic acids is 3. The number of carbonyl (C=O) groups is 3. The molecular formula is C24H23N3O5. The number of hydrogen-bond acceptors (Lipinski definition) is 6. The summed E-state index contributed by atoms with van der Waals surface area (Å²) in [6.07, 6.45) is 2.36. The lowest BCUT2D eigenvalue weighted by Gasteiger charge is -2.24. The number of aromatic nitrogens is 1. The van der Waals surface area contributed by atoms with Crippen LogP contribution in [0.3, 0.4) is 0 Å². The van der Waals surface area contributed by atoms with Crippen LogP contribution in [0.15, 0.2) is 65.5 Å². The number of likely N-dealkylation sites (tertiary alicyclic amines) is 1. The first-order valence-corrected chi connectivity index (χ1v) is 10.3. The van der Waals surface area contributed by atoms with Crippen LogP contribution < -0.4 is 5.32 Å². The Morgan fingerprint density at radius 3 is 2.59 bits per heavy atom. The van der Waals surface area contributed by atoms with Gasteiger partial charge in [-0.15, -0.1) is 0 Å². The number of hydrogen-bond donors (Lipinski definition) is 2. The zero-order chi connectivity index (χ0) is 22.7. The number of oxazole rings is 1. The molecule has 2 amide bonds. The van der Waals surface area contributed by atoms with Crippen molar-refractivity contribution in [2.45, 2.75) is 32.0 Å². The Bertz CT molecular complexity index is 1120. The first kappa shape index (κ1) is 21.5. The van der Waals surface area contributed by atoms with E-state index in [1.165, 1.54) is 24.3 Å². The van der Waals surface area contributed by atoms with Crippen LogP contribution in [0.25, 0.3) is 11.3 Å². The van der Waals surface area contributed by atoms with E-state index in [9.17, 15) is 19.5 Å². The minimum absolute atomic E-state index is 0.0626. The monoisotopic (exact) mass is 433 g/mol. The molecule has 2 N–H and O–H groups in total. The molecule has 1 saturated heterocycles. The van der Waals surface area contributed by atoms with E-state index in [2.05, 4.69) is 10.3 Å². The van der Waals surface area contributed by atoms with Crippen LogP contribution in [-0.2, 0) is 11.3 Å². The molecule has 1 aromatic heterocycles. The van der Waals surface area contributed by atoms with E-state index >= 15 is 0 Å². The average Bonchev–Trinajstić information content (AvgIpc) is 3.47. The molecule has 3 aromatic rings. The number of β-amino-alcohol motifs (C(OH)–C–C–N with tert-alkyl or cyclic N) is 1. The maximum Gasteiger partial charge on any atom is 0.254 e. The van der Waals surface area contributed by atoms with E-state index in [1.807, 2.05) is 24.3 Å². The van der Waals surface area contributed by atoms with Gasteiger partial charge in [-0.3, -0.25) is 14.4 Å². The van der Waals surface area contributed by atoms with E-state index in [0.29, 0.717) is 16.9 Å². The molecule has 32 heavy (non-hydrogen) atoms. The first-order valence-electron chi connectivity index (χ1n) is 10.3. The molecule has 164 valence electrons. The van der Waals surface area contributed by atoms with E-state index in [4.69, 9.17) is 4.42 Å². The van der Waals surface area contributed by atoms with E-state index < -0.39 is 12.1 Å². The lowest BCUT2D eigenvalue weighted by atomic mass is 10.1. The van der Waals surface area contributed by atoms with Crippen LogP contribution >= 0.6 is 0 Å². The smallest absolute Gasteiger partial charge is 0.254 e. The van der Waals surface area contributed by atoms with Gasteiger partial charge in [0.25, 0.3) is 5.91 Å². The third-order valence-electron chi connectivity index (χ3n) is 5.50. The Kier molecular flexibility index (Phi) is 6.13. The number of ketones is 1. The normalized spacial score (nSPS) is 17.9. The third kappa shape index (κ3) is 4.60. The highest BCUT2D eigenvalue weighted by Gasteiger charge is 2.39. The molecule has 0 saturated carbocycles. The predicted octanol–water partition coefficient (Wildman–Crippen LogP) is 2.44. The van der Waals surface area contributed by atoms with Crippen molar-refractivity contribution in [3.05, 3.63) is 77.8 Å². The molecule has 8 heteroatoms. The van der Waals surface area contributed by atoms with Gasteiger partial charge in [-0.25, -0.2) is 4.98 Å². The molecule has 4 rings (SSSR count). The van der Waals surface area contributed by atoms with Crippen molar-refractivity contribution < 1.29 is 23.9 Å². The van der Waals surface area contributed by atoms with E-state index in [1.54, 1.807) is 24.4 Å². The van der Waals surface area contributed by atoms with E-state index in [0.717, 1.165) is 11.1 Å². The van der Waals surface area contributed by atoms with Crippen LogP contribution in [0, 0.1) is 0 Å². The lowest BCUT2D eigenvalue weighted by molar-refractivity contribution is -0.125. The van der Waals surface area contributed by atoms with Gasteiger partial charge in [0, 0.05) is 36.2 Å². The Labute approximate surface area is 184 Å². The molecule has 8 nitrogen and oxygen atoms in total. The second kappa shape index (κ2) is 9.15. The van der Waals surface area contributed by atoms with Crippen molar-refractivity contribution in [2.24, 2.45) is 0 Å². The lowest BCUT2D eigenvalue weighted by Crippen LogP contribution is -2.45. The zero-order valence-corrected chi connectivity index (χ0v) is 17.5. The van der Waals surface area contributed by atoms with Crippen LogP contribution in [-0.4, -0.2) is 51.3 Å². The fourth-order valence-electron chi connectivity index (χ4n) is 3.78. The molecular weight excluding hydrogens is 410 g/mol. The molecule has 1 aliphatic rings. The van der Waals surface area contributed by atoms with Crippen molar-refractivity contribution in [1.29, 1.82) is 0 Å². The Morgan fingerprint density at radius 1 is 1.16 bits per heavy atom. The molecule has 0 unspecified atom stereocenters. The van der Waals surface area contributed by atoms with E-state index in [-0.39, 0.29) is 37.1 Å². The maximum atomic E-state index is 13.0. The molecule has 2 heterocycles. The summed E-state index contributed by atoms with van der Waals surface area (Å²) in [5.74, 6) is -0.216.